The van der Waals surface area contributed by atoms with Gasteiger partial charge in [-0.2, -0.15) is 0 Å². The van der Waals surface area contributed by atoms with Crippen LogP contribution in [0.3, 0.4) is 0 Å². The van der Waals surface area contributed by atoms with Gasteiger partial charge in [-0.1, -0.05) is 13.3 Å². The van der Waals surface area contributed by atoms with E-state index >= 15 is 0 Å². The molecule has 0 saturated carbocycles. The van der Waals surface area contributed by atoms with Crippen LogP contribution in [-0.2, 0) is 4.79 Å². The molecule has 154 valence electrons. The van der Waals surface area contributed by atoms with Crippen LogP contribution < -0.4 is 15.5 Å². The van der Waals surface area contributed by atoms with Crippen LogP contribution in [0.25, 0.3) is 0 Å². The van der Waals surface area contributed by atoms with Gasteiger partial charge in [0, 0.05) is 50.0 Å². The summed E-state index contributed by atoms with van der Waals surface area (Å²) in [5.74, 6) is 0.138. The maximum Gasteiger partial charge on any atom is 0.321 e. The van der Waals surface area contributed by atoms with Crippen LogP contribution in [0.1, 0.15) is 58.3 Å². The minimum Gasteiger partial charge on any atom is -0.372 e. The minimum atomic E-state index is -0.0542. The first-order chi connectivity index (χ1) is 13.7. The molecule has 2 heterocycles. The molecule has 6 heteroatoms. The van der Waals surface area contributed by atoms with Crippen molar-refractivity contribution in [2.24, 2.45) is 0 Å². The number of piperidine rings is 2. The molecular weight excluding hydrogens is 352 g/mol. The number of urea groups is 1. The molecule has 0 unspecified atom stereocenters. The number of rotatable bonds is 6. The fraction of sp³-hybridized carbons (Fsp3) is 0.636. The van der Waals surface area contributed by atoms with Crippen molar-refractivity contribution in [3.8, 4) is 0 Å². The lowest BCUT2D eigenvalue weighted by molar-refractivity contribution is -0.122. The lowest BCUT2D eigenvalue weighted by Crippen LogP contribution is -2.47. The molecule has 3 amide bonds. The Balaban J connectivity index is 1.42. The van der Waals surface area contributed by atoms with E-state index in [0.29, 0.717) is 19.5 Å². The van der Waals surface area contributed by atoms with Crippen LogP contribution in [0.5, 0.6) is 0 Å². The van der Waals surface area contributed by atoms with Crippen molar-refractivity contribution in [1.82, 2.24) is 10.2 Å². The lowest BCUT2D eigenvalue weighted by atomic mass is 10.0. The number of amides is 3. The molecule has 6 nitrogen and oxygen atoms in total. The van der Waals surface area contributed by atoms with Gasteiger partial charge in [-0.15, -0.1) is 0 Å². The number of unbranched alkanes of at least 4 members (excludes halogenated alkanes) is 1. The Bertz CT molecular complexity index is 632. The predicted octanol–water partition coefficient (Wildman–Crippen LogP) is 3.98. The maximum absolute atomic E-state index is 12.5. The highest BCUT2D eigenvalue weighted by atomic mass is 16.2. The van der Waals surface area contributed by atoms with Crippen molar-refractivity contribution in [3.05, 3.63) is 24.3 Å². The van der Waals surface area contributed by atoms with E-state index in [1.54, 1.807) is 0 Å². The molecule has 3 rings (SSSR count). The van der Waals surface area contributed by atoms with Crippen LogP contribution in [0.4, 0.5) is 16.2 Å². The summed E-state index contributed by atoms with van der Waals surface area (Å²) < 4.78 is 0. The molecule has 0 aliphatic carbocycles. The molecule has 2 saturated heterocycles. The Morgan fingerprint density at radius 1 is 1.00 bits per heavy atom. The Hall–Kier alpha value is -2.24. The largest absolute Gasteiger partial charge is 0.372 e. The van der Waals surface area contributed by atoms with Gasteiger partial charge in [-0.05, 0) is 62.8 Å². The van der Waals surface area contributed by atoms with Crippen LogP contribution in [0.15, 0.2) is 24.3 Å². The zero-order valence-electron chi connectivity index (χ0n) is 17.1. The number of anilines is 2. The summed E-state index contributed by atoms with van der Waals surface area (Å²) in [7, 11) is 0. The molecule has 2 fully saturated rings. The maximum atomic E-state index is 12.5. The first kappa shape index (κ1) is 20.5. The number of nitrogens with zero attached hydrogens (tertiary/aromatic N) is 2. The van der Waals surface area contributed by atoms with Crippen molar-refractivity contribution in [3.63, 3.8) is 0 Å². The quantitative estimate of drug-likeness (QED) is 0.777. The van der Waals surface area contributed by atoms with Crippen LogP contribution in [0.2, 0.25) is 0 Å². The van der Waals surface area contributed by atoms with E-state index in [-0.39, 0.29) is 18.0 Å². The van der Waals surface area contributed by atoms with Crippen molar-refractivity contribution in [2.45, 2.75) is 64.3 Å². The smallest absolute Gasteiger partial charge is 0.321 e. The Labute approximate surface area is 168 Å². The highest BCUT2D eigenvalue weighted by Gasteiger charge is 2.23. The number of benzene rings is 1. The molecule has 2 aliphatic rings. The van der Waals surface area contributed by atoms with Gasteiger partial charge in [0.2, 0.25) is 5.91 Å². The molecule has 0 spiro atoms. The normalized spacial score (nSPS) is 18.0. The van der Waals surface area contributed by atoms with Gasteiger partial charge in [0.25, 0.3) is 0 Å². The van der Waals surface area contributed by atoms with E-state index in [1.165, 1.54) is 24.9 Å². The number of nitrogens with one attached hydrogen (secondary N) is 2. The zero-order valence-corrected chi connectivity index (χ0v) is 17.1. The van der Waals surface area contributed by atoms with Gasteiger partial charge >= 0.3 is 6.03 Å². The van der Waals surface area contributed by atoms with E-state index in [0.717, 1.165) is 44.5 Å². The Morgan fingerprint density at radius 3 is 2.32 bits per heavy atom. The summed E-state index contributed by atoms with van der Waals surface area (Å²) in [5.41, 5.74) is 2.07. The number of hydrogen-bond acceptors (Lipinski definition) is 3. The second kappa shape index (κ2) is 10.3. The van der Waals surface area contributed by atoms with E-state index in [2.05, 4.69) is 34.6 Å². The number of hydrogen-bond donors (Lipinski definition) is 2. The predicted molar refractivity (Wildman–Crippen MR) is 114 cm³/mol. The molecule has 2 aliphatic heterocycles. The molecule has 1 aromatic rings. The molecule has 0 radical (unpaired) electrons. The summed E-state index contributed by atoms with van der Waals surface area (Å²) >= 11 is 0. The summed E-state index contributed by atoms with van der Waals surface area (Å²) in [6.07, 6.45) is 8.04. The van der Waals surface area contributed by atoms with E-state index in [1.807, 2.05) is 17.0 Å². The summed E-state index contributed by atoms with van der Waals surface area (Å²) in [6.45, 7) is 5.68. The van der Waals surface area contributed by atoms with Gasteiger partial charge in [0.05, 0.1) is 0 Å². The van der Waals surface area contributed by atoms with E-state index in [4.69, 9.17) is 0 Å². The van der Waals surface area contributed by atoms with Crippen LogP contribution in [-0.4, -0.2) is 49.1 Å². The zero-order chi connectivity index (χ0) is 19.8. The van der Waals surface area contributed by atoms with Crippen LogP contribution >= 0.6 is 0 Å². The van der Waals surface area contributed by atoms with Gasteiger partial charge in [0.1, 0.15) is 0 Å². The highest BCUT2D eigenvalue weighted by molar-refractivity contribution is 5.89. The third-order valence-corrected chi connectivity index (χ3v) is 5.74. The summed E-state index contributed by atoms with van der Waals surface area (Å²) in [6, 6.07) is 8.31. The average molecular weight is 387 g/mol. The lowest BCUT2D eigenvalue weighted by Gasteiger charge is -2.32. The Morgan fingerprint density at radius 2 is 1.68 bits per heavy atom. The van der Waals surface area contributed by atoms with Gasteiger partial charge in [0.15, 0.2) is 0 Å². The van der Waals surface area contributed by atoms with Crippen molar-refractivity contribution < 1.29 is 9.59 Å². The van der Waals surface area contributed by atoms with Gasteiger partial charge in [-0.3, -0.25) is 4.79 Å². The van der Waals surface area contributed by atoms with Crippen molar-refractivity contribution >= 4 is 23.3 Å². The molecule has 28 heavy (non-hydrogen) atoms. The molecule has 0 bridgehead atoms. The van der Waals surface area contributed by atoms with Gasteiger partial charge in [-0.25, -0.2) is 4.79 Å². The monoisotopic (exact) mass is 386 g/mol. The van der Waals surface area contributed by atoms with Crippen LogP contribution in [0, 0.1) is 0 Å². The SMILES string of the molecule is CCCCC(=O)NC1CCN(C(=O)Nc2ccc(N3CCCCC3)cc2)CC1. The number of likely N-dealkylation sites (tertiary alicyclic amines) is 1. The van der Waals surface area contributed by atoms with Gasteiger partial charge < -0.3 is 20.4 Å². The van der Waals surface area contributed by atoms with Crippen molar-refractivity contribution in [1.29, 1.82) is 0 Å². The first-order valence-corrected chi connectivity index (χ1v) is 10.9. The fourth-order valence-electron chi connectivity index (χ4n) is 3.97. The van der Waals surface area contributed by atoms with Crippen molar-refractivity contribution in [2.75, 3.05) is 36.4 Å². The fourth-order valence-corrected chi connectivity index (χ4v) is 3.97. The van der Waals surface area contributed by atoms with E-state index in [9.17, 15) is 9.59 Å². The molecule has 2 N–H and O–H groups in total. The minimum absolute atomic E-state index is 0.0542. The topological polar surface area (TPSA) is 64.7 Å². The molecule has 0 atom stereocenters. The third kappa shape index (κ3) is 5.88. The Kier molecular flexibility index (Phi) is 7.57. The molecule has 1 aromatic carbocycles. The van der Waals surface area contributed by atoms with E-state index < -0.39 is 0 Å². The third-order valence-electron chi connectivity index (χ3n) is 5.74. The highest BCUT2D eigenvalue weighted by Crippen LogP contribution is 2.22. The molecule has 0 aromatic heterocycles. The summed E-state index contributed by atoms with van der Waals surface area (Å²) in [4.78, 5) is 28.7. The number of carbonyl (C=O) groups is 2. The second-order valence-electron chi connectivity index (χ2n) is 7.96. The average Bonchev–Trinajstić information content (AvgIpc) is 2.74. The first-order valence-electron chi connectivity index (χ1n) is 10.9. The number of carbonyl (C=O) groups excluding carboxylic acids is 2. The standard InChI is InChI=1S/C22H34N4O2/c1-2-3-7-21(27)23-19-12-16-26(17-13-19)22(28)24-18-8-10-20(11-9-18)25-14-5-4-6-15-25/h8-11,19H,2-7,12-17H2,1H3,(H,23,27)(H,24,28). The molecular formula is C22H34N4O2. The summed E-state index contributed by atoms with van der Waals surface area (Å²) in [5, 5.41) is 6.10. The second-order valence-corrected chi connectivity index (χ2v) is 7.96.